The highest BCUT2D eigenvalue weighted by molar-refractivity contribution is 6.03. The lowest BCUT2D eigenvalue weighted by atomic mass is 10.1. The van der Waals surface area contributed by atoms with Crippen molar-refractivity contribution < 1.29 is 4.79 Å². The lowest BCUT2D eigenvalue weighted by Gasteiger charge is -1.98. The van der Waals surface area contributed by atoms with Crippen molar-refractivity contribution in [1.82, 2.24) is 9.55 Å². The number of hydrogen-bond acceptors (Lipinski definition) is 2. The van der Waals surface area contributed by atoms with Crippen LogP contribution in [0.3, 0.4) is 0 Å². The molecule has 2 heterocycles. The van der Waals surface area contributed by atoms with Crippen LogP contribution in [0.15, 0.2) is 12.3 Å². The molecule has 0 atom stereocenters. The Labute approximate surface area is 77.1 Å². The summed E-state index contributed by atoms with van der Waals surface area (Å²) in [6, 6.07) is 0. The molecule has 1 aromatic heterocycles. The predicted molar refractivity (Wildman–Crippen MR) is 50.5 cm³/mol. The maximum absolute atomic E-state index is 11.5. The van der Waals surface area contributed by atoms with E-state index in [1.54, 1.807) is 16.8 Å². The molecular formula is C10H12N2O. The van der Waals surface area contributed by atoms with Gasteiger partial charge in [-0.2, -0.15) is 0 Å². The van der Waals surface area contributed by atoms with Crippen LogP contribution in [0.25, 0.3) is 5.57 Å². The minimum atomic E-state index is 0.0495. The zero-order valence-electron chi connectivity index (χ0n) is 7.87. The third-order valence-corrected chi connectivity index (χ3v) is 2.30. The summed E-state index contributed by atoms with van der Waals surface area (Å²) in [6.45, 7) is 3.96. The number of rotatable bonds is 2. The van der Waals surface area contributed by atoms with Crippen molar-refractivity contribution in [2.45, 2.75) is 26.7 Å². The molecule has 2 rings (SSSR count). The van der Waals surface area contributed by atoms with Crippen molar-refractivity contribution in [2.24, 2.45) is 0 Å². The number of aryl methyl sites for hydroxylation is 1. The van der Waals surface area contributed by atoms with Gasteiger partial charge < -0.3 is 0 Å². The number of imidazole rings is 1. The Hall–Kier alpha value is -1.38. The second kappa shape index (κ2) is 2.83. The van der Waals surface area contributed by atoms with Crippen LogP contribution in [0.4, 0.5) is 0 Å². The van der Waals surface area contributed by atoms with Gasteiger partial charge in [0.1, 0.15) is 5.82 Å². The molecular weight excluding hydrogens is 164 g/mol. The Kier molecular flexibility index (Phi) is 1.79. The van der Waals surface area contributed by atoms with Gasteiger partial charge in [-0.05, 0) is 18.9 Å². The first kappa shape index (κ1) is 8.23. The van der Waals surface area contributed by atoms with E-state index in [9.17, 15) is 4.79 Å². The summed E-state index contributed by atoms with van der Waals surface area (Å²) in [5.41, 5.74) is 2.09. The third-order valence-electron chi connectivity index (χ3n) is 2.30. The fourth-order valence-electron chi connectivity index (χ4n) is 1.71. The molecule has 1 aromatic rings. The van der Waals surface area contributed by atoms with Gasteiger partial charge in [0, 0.05) is 6.08 Å². The van der Waals surface area contributed by atoms with E-state index in [1.165, 1.54) is 0 Å². The van der Waals surface area contributed by atoms with Crippen LogP contribution in [0.5, 0.6) is 0 Å². The summed E-state index contributed by atoms with van der Waals surface area (Å²) in [5.74, 6) is 0.829. The van der Waals surface area contributed by atoms with Gasteiger partial charge >= 0.3 is 0 Å². The molecule has 1 aliphatic rings. The maximum Gasteiger partial charge on any atom is 0.256 e. The Morgan fingerprint density at radius 2 is 2.31 bits per heavy atom. The first-order valence-corrected chi connectivity index (χ1v) is 4.53. The summed E-state index contributed by atoms with van der Waals surface area (Å²) in [6.07, 6.45) is 5.51. The highest BCUT2D eigenvalue weighted by Gasteiger charge is 2.21. The number of aromatic nitrogens is 2. The standard InChI is InChI=1S/C10H12N2O/c1-3-4-8-5-10(13)12-7(2)11-6-9(8)12/h5-6H,3-4H2,1-2H3. The van der Waals surface area contributed by atoms with E-state index >= 15 is 0 Å². The minimum Gasteiger partial charge on any atom is -0.269 e. The topological polar surface area (TPSA) is 34.9 Å². The molecule has 0 fully saturated rings. The second-order valence-corrected chi connectivity index (χ2v) is 3.28. The fraction of sp³-hybridized carbons (Fsp3) is 0.400. The van der Waals surface area contributed by atoms with Gasteiger partial charge in [-0.25, -0.2) is 4.98 Å². The maximum atomic E-state index is 11.5. The van der Waals surface area contributed by atoms with Gasteiger partial charge in [-0.1, -0.05) is 13.3 Å². The minimum absolute atomic E-state index is 0.0495. The predicted octanol–water partition coefficient (Wildman–Crippen LogP) is 2.03. The first-order valence-electron chi connectivity index (χ1n) is 4.53. The Bertz CT molecular complexity index is 388. The lowest BCUT2D eigenvalue weighted by Crippen LogP contribution is -2.05. The molecule has 13 heavy (non-hydrogen) atoms. The molecule has 0 aromatic carbocycles. The molecule has 0 amide bonds. The van der Waals surface area contributed by atoms with Gasteiger partial charge in [0.05, 0.1) is 11.9 Å². The first-order chi connectivity index (χ1) is 6.24. The fourth-order valence-corrected chi connectivity index (χ4v) is 1.71. The largest absolute Gasteiger partial charge is 0.269 e. The molecule has 0 radical (unpaired) electrons. The van der Waals surface area contributed by atoms with Crippen molar-refractivity contribution in [3.8, 4) is 0 Å². The molecule has 3 heteroatoms. The number of fused-ring (bicyclic) bond motifs is 1. The van der Waals surface area contributed by atoms with E-state index in [0.29, 0.717) is 0 Å². The average Bonchev–Trinajstić information content (AvgIpc) is 2.58. The summed E-state index contributed by atoms with van der Waals surface area (Å²) in [5, 5.41) is 0. The van der Waals surface area contributed by atoms with Gasteiger partial charge in [0.25, 0.3) is 5.91 Å². The molecule has 0 aliphatic carbocycles. The van der Waals surface area contributed by atoms with Crippen molar-refractivity contribution in [3.05, 3.63) is 23.8 Å². The molecule has 0 N–H and O–H groups in total. The number of allylic oxidation sites excluding steroid dienone is 2. The van der Waals surface area contributed by atoms with Crippen molar-refractivity contribution in [2.75, 3.05) is 0 Å². The van der Waals surface area contributed by atoms with Crippen molar-refractivity contribution >= 4 is 11.5 Å². The second-order valence-electron chi connectivity index (χ2n) is 3.28. The zero-order chi connectivity index (χ0) is 9.42. The molecule has 0 bridgehead atoms. The zero-order valence-corrected chi connectivity index (χ0v) is 7.87. The Balaban J connectivity index is 2.46. The highest BCUT2D eigenvalue weighted by atomic mass is 16.2. The van der Waals surface area contributed by atoms with E-state index in [0.717, 1.165) is 29.9 Å². The van der Waals surface area contributed by atoms with Crippen LogP contribution in [-0.4, -0.2) is 15.5 Å². The molecule has 1 aliphatic heterocycles. The number of hydrogen-bond donors (Lipinski definition) is 0. The average molecular weight is 176 g/mol. The van der Waals surface area contributed by atoms with E-state index in [-0.39, 0.29) is 5.91 Å². The van der Waals surface area contributed by atoms with Crippen LogP contribution in [0.2, 0.25) is 0 Å². The Morgan fingerprint density at radius 3 is 3.00 bits per heavy atom. The van der Waals surface area contributed by atoms with Crippen molar-refractivity contribution in [1.29, 1.82) is 0 Å². The summed E-state index contributed by atoms with van der Waals surface area (Å²) in [4.78, 5) is 15.6. The van der Waals surface area contributed by atoms with Gasteiger partial charge in [0.15, 0.2) is 0 Å². The summed E-state index contributed by atoms with van der Waals surface area (Å²) >= 11 is 0. The normalized spacial score (nSPS) is 14.6. The highest BCUT2D eigenvalue weighted by Crippen LogP contribution is 2.26. The number of nitrogens with zero attached hydrogens (tertiary/aromatic N) is 2. The summed E-state index contributed by atoms with van der Waals surface area (Å²) < 4.78 is 1.67. The number of carbonyl (C=O) groups is 1. The van der Waals surface area contributed by atoms with E-state index in [2.05, 4.69) is 11.9 Å². The van der Waals surface area contributed by atoms with Crippen LogP contribution in [0.1, 0.15) is 36.1 Å². The smallest absolute Gasteiger partial charge is 0.256 e. The van der Waals surface area contributed by atoms with Crippen LogP contribution in [0, 0.1) is 6.92 Å². The monoisotopic (exact) mass is 176 g/mol. The van der Waals surface area contributed by atoms with E-state index in [1.807, 2.05) is 6.92 Å². The third kappa shape index (κ3) is 1.11. The molecule has 0 saturated carbocycles. The van der Waals surface area contributed by atoms with Gasteiger partial charge in [0.2, 0.25) is 0 Å². The van der Waals surface area contributed by atoms with Gasteiger partial charge in [-0.3, -0.25) is 9.36 Å². The van der Waals surface area contributed by atoms with Crippen LogP contribution in [-0.2, 0) is 0 Å². The molecule has 0 spiro atoms. The van der Waals surface area contributed by atoms with Crippen LogP contribution < -0.4 is 0 Å². The molecule has 0 saturated heterocycles. The quantitative estimate of drug-likeness (QED) is 0.691. The molecule has 0 unspecified atom stereocenters. The molecule has 68 valence electrons. The van der Waals surface area contributed by atoms with E-state index < -0.39 is 0 Å². The van der Waals surface area contributed by atoms with Gasteiger partial charge in [-0.15, -0.1) is 0 Å². The Morgan fingerprint density at radius 1 is 1.54 bits per heavy atom. The summed E-state index contributed by atoms with van der Waals surface area (Å²) in [7, 11) is 0. The SMILES string of the molecule is CCCC1=CC(=O)n2c1cnc2C. The van der Waals surface area contributed by atoms with Crippen molar-refractivity contribution in [3.63, 3.8) is 0 Å². The number of carbonyl (C=O) groups excluding carboxylic acids is 1. The van der Waals surface area contributed by atoms with E-state index in [4.69, 9.17) is 0 Å². The van der Waals surface area contributed by atoms with Crippen LogP contribution >= 0.6 is 0 Å². The lowest BCUT2D eigenvalue weighted by molar-refractivity contribution is 0.0972. The molecule has 3 nitrogen and oxygen atoms in total.